The van der Waals surface area contributed by atoms with E-state index in [-0.39, 0.29) is 12.4 Å². The second-order valence-electron chi connectivity index (χ2n) is 3.33. The quantitative estimate of drug-likeness (QED) is 0.688. The number of rotatable bonds is 1. The van der Waals surface area contributed by atoms with Crippen LogP contribution in [0, 0.1) is 0 Å². The van der Waals surface area contributed by atoms with E-state index in [0.29, 0.717) is 10.0 Å². The van der Waals surface area contributed by atoms with Gasteiger partial charge in [0.25, 0.3) is 0 Å². The molecule has 1 aliphatic rings. The van der Waals surface area contributed by atoms with Gasteiger partial charge in [0.05, 0.1) is 0 Å². The van der Waals surface area contributed by atoms with Gasteiger partial charge in [-0.15, -0.1) is 12.4 Å². The van der Waals surface area contributed by atoms with Crippen LogP contribution in [-0.2, 0) is 0 Å². The van der Waals surface area contributed by atoms with Crippen molar-refractivity contribution >= 4 is 41.3 Å². The second-order valence-corrected chi connectivity index (χ2v) is 4.21. The number of hydrogen-bond donors (Lipinski definition) is 0. The van der Waals surface area contributed by atoms with Gasteiger partial charge < -0.3 is 4.90 Å². The lowest BCUT2D eigenvalue weighted by Crippen LogP contribution is -2.26. The maximum atomic E-state index is 5.94. The van der Waals surface area contributed by atoms with Crippen LogP contribution >= 0.6 is 35.6 Å². The molecule has 1 heterocycles. The number of benzene rings is 1. The Balaban J connectivity index is 0.00000112. The first-order valence-electron chi connectivity index (χ1n) is 4.62. The summed E-state index contributed by atoms with van der Waals surface area (Å²) in [5.41, 5.74) is 1.10. The maximum absolute atomic E-state index is 5.94. The van der Waals surface area contributed by atoms with Crippen molar-refractivity contribution < 1.29 is 0 Å². The van der Waals surface area contributed by atoms with Gasteiger partial charge in [-0.1, -0.05) is 35.4 Å². The van der Waals surface area contributed by atoms with Gasteiger partial charge in [0.2, 0.25) is 0 Å². The summed E-state index contributed by atoms with van der Waals surface area (Å²) in [7, 11) is 0. The normalized spacial score (nSPS) is 14.9. The Hall–Kier alpha value is -0.370. The van der Waals surface area contributed by atoms with E-state index in [0.717, 1.165) is 25.2 Å². The highest BCUT2D eigenvalue weighted by molar-refractivity contribution is 6.35. The molecule has 1 aromatic rings. The molecule has 0 bridgehead atoms. The Morgan fingerprint density at radius 3 is 2.20 bits per heavy atom. The van der Waals surface area contributed by atoms with Crippen LogP contribution in [0.4, 0.5) is 5.69 Å². The lowest BCUT2D eigenvalue weighted by molar-refractivity contribution is 0.821. The molecule has 0 aromatic heterocycles. The van der Waals surface area contributed by atoms with Crippen LogP contribution in [0.3, 0.4) is 0 Å². The first-order valence-corrected chi connectivity index (χ1v) is 5.37. The molecule has 0 atom stereocenters. The zero-order valence-corrected chi connectivity index (χ0v) is 10.4. The third-order valence-electron chi connectivity index (χ3n) is 2.27. The first kappa shape index (κ1) is 12.7. The molecule has 0 radical (unpaired) electrons. The summed E-state index contributed by atoms with van der Waals surface area (Å²) in [6.07, 6.45) is 5.45. The van der Waals surface area contributed by atoms with Crippen molar-refractivity contribution in [2.75, 3.05) is 18.0 Å². The molecule has 0 fully saturated rings. The van der Waals surface area contributed by atoms with Gasteiger partial charge >= 0.3 is 0 Å². The van der Waals surface area contributed by atoms with Crippen molar-refractivity contribution in [1.82, 2.24) is 0 Å². The molecular formula is C11H12Cl3N. The Morgan fingerprint density at radius 1 is 1.00 bits per heavy atom. The Kier molecular flexibility index (Phi) is 4.78. The Labute approximate surface area is 106 Å². The molecule has 1 aliphatic heterocycles. The summed E-state index contributed by atoms with van der Waals surface area (Å²) in [6, 6.07) is 5.66. The molecule has 1 aromatic carbocycles. The largest absolute Gasteiger partial charge is 0.367 e. The monoisotopic (exact) mass is 263 g/mol. The molecule has 1 nitrogen and oxygen atoms in total. The summed E-state index contributed by atoms with van der Waals surface area (Å²) < 4.78 is 0. The minimum atomic E-state index is 0. The van der Waals surface area contributed by atoms with Gasteiger partial charge in [0.1, 0.15) is 0 Å². The minimum absolute atomic E-state index is 0. The highest BCUT2D eigenvalue weighted by atomic mass is 35.5. The van der Waals surface area contributed by atoms with E-state index in [2.05, 4.69) is 17.1 Å². The third-order valence-corrected chi connectivity index (χ3v) is 2.71. The standard InChI is InChI=1S/C11H11Cl2N.ClH/c12-9-6-10(13)8-11(7-9)14-4-2-1-3-5-14;/h1-2,6-8H,3-5H2;1H. The molecule has 0 amide bonds. The summed E-state index contributed by atoms with van der Waals surface area (Å²) in [6.45, 7) is 1.98. The number of halogens is 3. The summed E-state index contributed by atoms with van der Waals surface area (Å²) >= 11 is 11.9. The van der Waals surface area contributed by atoms with Gasteiger partial charge in [-0.2, -0.15) is 0 Å². The molecule has 0 N–H and O–H groups in total. The number of hydrogen-bond acceptors (Lipinski definition) is 1. The van der Waals surface area contributed by atoms with Crippen molar-refractivity contribution in [3.63, 3.8) is 0 Å². The molecule has 15 heavy (non-hydrogen) atoms. The summed E-state index contributed by atoms with van der Waals surface area (Å²) in [4.78, 5) is 2.26. The van der Waals surface area contributed by atoms with Crippen LogP contribution < -0.4 is 4.90 Å². The number of anilines is 1. The zero-order chi connectivity index (χ0) is 9.97. The molecule has 0 spiro atoms. The Bertz CT molecular complexity index is 343. The SMILES string of the molecule is Cl.Clc1cc(Cl)cc(N2CC=CCC2)c1. The van der Waals surface area contributed by atoms with Gasteiger partial charge in [0.15, 0.2) is 0 Å². The van der Waals surface area contributed by atoms with E-state index in [9.17, 15) is 0 Å². The third kappa shape index (κ3) is 3.30. The molecule has 0 unspecified atom stereocenters. The molecule has 0 aliphatic carbocycles. The maximum Gasteiger partial charge on any atom is 0.0441 e. The average molecular weight is 265 g/mol. The van der Waals surface area contributed by atoms with E-state index in [4.69, 9.17) is 23.2 Å². The van der Waals surface area contributed by atoms with Crippen LogP contribution in [0.1, 0.15) is 6.42 Å². The Morgan fingerprint density at radius 2 is 1.67 bits per heavy atom. The van der Waals surface area contributed by atoms with Crippen LogP contribution in [0.5, 0.6) is 0 Å². The molecule has 0 saturated heterocycles. The molecular weight excluding hydrogens is 252 g/mol. The van der Waals surface area contributed by atoms with Gasteiger partial charge in [0, 0.05) is 28.8 Å². The van der Waals surface area contributed by atoms with Crippen molar-refractivity contribution in [3.8, 4) is 0 Å². The number of nitrogens with zero attached hydrogens (tertiary/aromatic N) is 1. The van der Waals surface area contributed by atoms with Crippen LogP contribution in [-0.4, -0.2) is 13.1 Å². The van der Waals surface area contributed by atoms with Crippen molar-refractivity contribution in [1.29, 1.82) is 0 Å². The smallest absolute Gasteiger partial charge is 0.0441 e. The predicted octanol–water partition coefficient (Wildman–Crippen LogP) is 4.18. The van der Waals surface area contributed by atoms with Gasteiger partial charge in [-0.25, -0.2) is 0 Å². The van der Waals surface area contributed by atoms with Crippen LogP contribution in [0.25, 0.3) is 0 Å². The molecule has 4 heteroatoms. The highest BCUT2D eigenvalue weighted by Gasteiger charge is 2.08. The van der Waals surface area contributed by atoms with Crippen LogP contribution in [0.2, 0.25) is 10.0 Å². The second kappa shape index (κ2) is 5.64. The molecule has 2 rings (SSSR count). The fourth-order valence-electron chi connectivity index (χ4n) is 1.60. The predicted molar refractivity (Wildman–Crippen MR) is 69.7 cm³/mol. The van der Waals surface area contributed by atoms with E-state index in [1.54, 1.807) is 6.07 Å². The fourth-order valence-corrected chi connectivity index (χ4v) is 2.11. The van der Waals surface area contributed by atoms with E-state index in [1.807, 2.05) is 12.1 Å². The van der Waals surface area contributed by atoms with Crippen molar-refractivity contribution in [2.24, 2.45) is 0 Å². The first-order chi connectivity index (χ1) is 6.75. The van der Waals surface area contributed by atoms with Gasteiger partial charge in [-0.05, 0) is 24.6 Å². The summed E-state index contributed by atoms with van der Waals surface area (Å²) in [5, 5.41) is 1.39. The highest BCUT2D eigenvalue weighted by Crippen LogP contribution is 2.26. The van der Waals surface area contributed by atoms with E-state index in [1.165, 1.54) is 0 Å². The van der Waals surface area contributed by atoms with Crippen LogP contribution in [0.15, 0.2) is 30.4 Å². The van der Waals surface area contributed by atoms with E-state index >= 15 is 0 Å². The molecule has 0 saturated carbocycles. The average Bonchev–Trinajstić information content (AvgIpc) is 2.18. The molecule has 82 valence electrons. The van der Waals surface area contributed by atoms with Crippen molar-refractivity contribution in [3.05, 3.63) is 40.4 Å². The van der Waals surface area contributed by atoms with E-state index < -0.39 is 0 Å². The summed E-state index contributed by atoms with van der Waals surface area (Å²) in [5.74, 6) is 0. The minimum Gasteiger partial charge on any atom is -0.367 e. The lowest BCUT2D eigenvalue weighted by atomic mass is 10.2. The lowest BCUT2D eigenvalue weighted by Gasteiger charge is -2.25. The van der Waals surface area contributed by atoms with Gasteiger partial charge in [-0.3, -0.25) is 0 Å². The fraction of sp³-hybridized carbons (Fsp3) is 0.273. The topological polar surface area (TPSA) is 3.24 Å². The zero-order valence-electron chi connectivity index (χ0n) is 8.12. The van der Waals surface area contributed by atoms with Crippen molar-refractivity contribution in [2.45, 2.75) is 6.42 Å².